The molecule has 0 saturated heterocycles. The number of carbonyl (C=O) groups is 2. The van der Waals surface area contributed by atoms with Crippen molar-refractivity contribution in [2.75, 3.05) is 0 Å². The van der Waals surface area contributed by atoms with E-state index in [1.54, 1.807) is 19.1 Å². The summed E-state index contributed by atoms with van der Waals surface area (Å²) in [5.74, 6) is -0.0670. The van der Waals surface area contributed by atoms with Crippen molar-refractivity contribution >= 4 is 11.8 Å². The van der Waals surface area contributed by atoms with Crippen LogP contribution >= 0.6 is 0 Å². The van der Waals surface area contributed by atoms with Crippen molar-refractivity contribution < 1.29 is 14.3 Å². The van der Waals surface area contributed by atoms with Crippen molar-refractivity contribution in [3.8, 4) is 0 Å². The number of rotatable bonds is 3. The van der Waals surface area contributed by atoms with Crippen LogP contribution in [0.15, 0.2) is 47.1 Å². The standard InChI is InChI=1S/C20H26O3/c1-7-13(4)19(22)23-18-15(12(2)3)11-17(21)16-10-8-9-14(5)20(16,18)6/h7,10-11,14,18H,2,8-9H2,1,3-6H3. The maximum Gasteiger partial charge on any atom is 0.334 e. The lowest BCUT2D eigenvalue weighted by Gasteiger charge is -2.48. The van der Waals surface area contributed by atoms with E-state index in [1.165, 1.54) is 0 Å². The van der Waals surface area contributed by atoms with Crippen LogP contribution in [0.5, 0.6) is 0 Å². The molecule has 0 radical (unpaired) electrons. The Kier molecular flexibility index (Phi) is 4.79. The summed E-state index contributed by atoms with van der Waals surface area (Å²) < 4.78 is 5.88. The minimum absolute atomic E-state index is 0.0205. The average molecular weight is 314 g/mol. The van der Waals surface area contributed by atoms with Crippen LogP contribution in [-0.4, -0.2) is 17.9 Å². The van der Waals surface area contributed by atoms with E-state index in [9.17, 15) is 9.59 Å². The molecule has 3 unspecified atom stereocenters. The Morgan fingerprint density at radius 1 is 1.43 bits per heavy atom. The van der Waals surface area contributed by atoms with Crippen molar-refractivity contribution in [1.82, 2.24) is 0 Å². The first-order chi connectivity index (χ1) is 10.7. The third-order valence-electron chi connectivity index (χ3n) is 5.40. The van der Waals surface area contributed by atoms with E-state index in [2.05, 4.69) is 13.5 Å². The first kappa shape index (κ1) is 17.5. The molecule has 124 valence electrons. The number of allylic oxidation sites excluding steroid dienone is 3. The molecule has 2 aliphatic rings. The normalized spacial score (nSPS) is 31.0. The lowest BCUT2D eigenvalue weighted by Crippen LogP contribution is -2.49. The topological polar surface area (TPSA) is 43.4 Å². The van der Waals surface area contributed by atoms with Crippen LogP contribution in [0.2, 0.25) is 0 Å². The van der Waals surface area contributed by atoms with Crippen LogP contribution in [0, 0.1) is 11.3 Å². The molecule has 0 fully saturated rings. The van der Waals surface area contributed by atoms with Gasteiger partial charge in [0.25, 0.3) is 0 Å². The summed E-state index contributed by atoms with van der Waals surface area (Å²) in [6.07, 6.45) is 6.75. The zero-order valence-electron chi connectivity index (χ0n) is 14.7. The molecule has 2 rings (SSSR count). The number of ketones is 1. The lowest BCUT2D eigenvalue weighted by molar-refractivity contribution is -0.150. The van der Waals surface area contributed by atoms with Gasteiger partial charge in [-0.3, -0.25) is 4.79 Å². The van der Waals surface area contributed by atoms with Crippen molar-refractivity contribution in [1.29, 1.82) is 0 Å². The van der Waals surface area contributed by atoms with Crippen molar-refractivity contribution in [2.24, 2.45) is 11.3 Å². The average Bonchev–Trinajstić information content (AvgIpc) is 2.50. The Morgan fingerprint density at radius 2 is 2.09 bits per heavy atom. The summed E-state index contributed by atoms with van der Waals surface area (Å²) >= 11 is 0. The lowest BCUT2D eigenvalue weighted by atomic mass is 9.58. The van der Waals surface area contributed by atoms with E-state index in [4.69, 9.17) is 4.74 Å². The molecule has 0 N–H and O–H groups in total. The summed E-state index contributed by atoms with van der Waals surface area (Å²) in [6, 6.07) is 0. The molecular formula is C20H26O3. The highest BCUT2D eigenvalue weighted by Gasteiger charge is 2.51. The molecule has 3 nitrogen and oxygen atoms in total. The number of ether oxygens (including phenoxy) is 1. The second-order valence-electron chi connectivity index (χ2n) is 6.88. The summed E-state index contributed by atoms with van der Waals surface area (Å²) in [4.78, 5) is 24.9. The minimum Gasteiger partial charge on any atom is -0.453 e. The molecule has 0 aliphatic heterocycles. The fourth-order valence-electron chi connectivity index (χ4n) is 3.50. The van der Waals surface area contributed by atoms with Gasteiger partial charge in [-0.1, -0.05) is 38.2 Å². The predicted molar refractivity (Wildman–Crippen MR) is 91.8 cm³/mol. The predicted octanol–water partition coefficient (Wildman–Crippen LogP) is 4.31. The molecule has 0 amide bonds. The van der Waals surface area contributed by atoms with Crippen LogP contribution in [0.4, 0.5) is 0 Å². The Bertz CT molecular complexity index is 648. The van der Waals surface area contributed by atoms with E-state index in [-0.39, 0.29) is 17.7 Å². The largest absolute Gasteiger partial charge is 0.453 e. The molecule has 0 spiro atoms. The van der Waals surface area contributed by atoms with Gasteiger partial charge in [-0.25, -0.2) is 4.79 Å². The molecular weight excluding hydrogens is 288 g/mol. The molecule has 0 bridgehead atoms. The molecule has 3 atom stereocenters. The van der Waals surface area contributed by atoms with Crippen molar-refractivity contribution in [3.63, 3.8) is 0 Å². The van der Waals surface area contributed by atoms with Crippen LogP contribution in [0.1, 0.15) is 47.5 Å². The molecule has 23 heavy (non-hydrogen) atoms. The molecule has 0 aromatic carbocycles. The van der Waals surface area contributed by atoms with Gasteiger partial charge < -0.3 is 4.74 Å². The van der Waals surface area contributed by atoms with E-state index in [0.29, 0.717) is 5.57 Å². The van der Waals surface area contributed by atoms with Crippen molar-refractivity contribution in [2.45, 2.75) is 53.6 Å². The van der Waals surface area contributed by atoms with E-state index < -0.39 is 11.5 Å². The molecule has 0 heterocycles. The van der Waals surface area contributed by atoms with Gasteiger partial charge in [0, 0.05) is 16.6 Å². The highest BCUT2D eigenvalue weighted by molar-refractivity contribution is 6.07. The molecule has 0 aromatic rings. The minimum atomic E-state index is -0.498. The van der Waals surface area contributed by atoms with E-state index >= 15 is 0 Å². The molecule has 0 aromatic heterocycles. The van der Waals surface area contributed by atoms with Crippen LogP contribution in [0.3, 0.4) is 0 Å². The van der Waals surface area contributed by atoms with Gasteiger partial charge in [0.2, 0.25) is 0 Å². The van der Waals surface area contributed by atoms with Gasteiger partial charge in [0.05, 0.1) is 0 Å². The smallest absolute Gasteiger partial charge is 0.334 e. The number of fused-ring (bicyclic) bond motifs is 1. The van der Waals surface area contributed by atoms with E-state index in [1.807, 2.05) is 26.8 Å². The van der Waals surface area contributed by atoms with Gasteiger partial charge in [-0.2, -0.15) is 0 Å². The van der Waals surface area contributed by atoms with Gasteiger partial charge in [-0.05, 0) is 51.2 Å². The van der Waals surface area contributed by atoms with Gasteiger partial charge in [0.1, 0.15) is 6.10 Å². The monoisotopic (exact) mass is 314 g/mol. The first-order valence-corrected chi connectivity index (χ1v) is 8.19. The van der Waals surface area contributed by atoms with Crippen molar-refractivity contribution in [3.05, 3.63) is 47.1 Å². The summed E-state index contributed by atoms with van der Waals surface area (Å²) in [7, 11) is 0. The van der Waals surface area contributed by atoms with Crippen LogP contribution in [-0.2, 0) is 14.3 Å². The zero-order chi connectivity index (χ0) is 17.4. The Morgan fingerprint density at radius 3 is 2.65 bits per heavy atom. The summed E-state index contributed by atoms with van der Waals surface area (Å²) in [5.41, 5.74) is 2.35. The fraction of sp³-hybridized carbons (Fsp3) is 0.500. The highest BCUT2D eigenvalue weighted by Crippen LogP contribution is 2.51. The highest BCUT2D eigenvalue weighted by atomic mass is 16.5. The number of hydrogen-bond donors (Lipinski definition) is 0. The second-order valence-corrected chi connectivity index (χ2v) is 6.88. The SMILES string of the molecule is C=C(C)C1=CC(=O)C2=CCCC(C)C2(C)C1OC(=O)C(C)=CC. The Balaban J connectivity index is 2.56. The number of carbonyl (C=O) groups excluding carboxylic acids is 2. The first-order valence-electron chi connectivity index (χ1n) is 8.19. The number of esters is 1. The van der Waals surface area contributed by atoms with Crippen LogP contribution < -0.4 is 0 Å². The summed E-state index contributed by atoms with van der Waals surface area (Å²) in [5, 5.41) is 0. The van der Waals surface area contributed by atoms with Gasteiger partial charge in [0.15, 0.2) is 5.78 Å². The van der Waals surface area contributed by atoms with E-state index in [0.717, 1.165) is 29.6 Å². The Hall–Kier alpha value is -1.90. The number of hydrogen-bond acceptors (Lipinski definition) is 3. The maximum atomic E-state index is 12.6. The fourth-order valence-corrected chi connectivity index (χ4v) is 3.50. The van der Waals surface area contributed by atoms with Gasteiger partial charge in [-0.15, -0.1) is 0 Å². The Labute approximate surface area is 138 Å². The van der Waals surface area contributed by atoms with Crippen LogP contribution in [0.25, 0.3) is 0 Å². The summed E-state index contributed by atoms with van der Waals surface area (Å²) in [6.45, 7) is 13.6. The second kappa shape index (κ2) is 6.31. The zero-order valence-corrected chi connectivity index (χ0v) is 14.7. The molecule has 2 aliphatic carbocycles. The quantitative estimate of drug-likeness (QED) is 0.576. The van der Waals surface area contributed by atoms with Gasteiger partial charge >= 0.3 is 5.97 Å². The third kappa shape index (κ3) is 2.85. The molecule has 3 heteroatoms. The maximum absolute atomic E-state index is 12.6. The third-order valence-corrected chi connectivity index (χ3v) is 5.40. The molecule has 0 saturated carbocycles.